The third-order valence-electron chi connectivity index (χ3n) is 5.12. The highest BCUT2D eigenvalue weighted by Crippen LogP contribution is 2.29. The van der Waals surface area contributed by atoms with Gasteiger partial charge in [-0.3, -0.25) is 9.59 Å². The quantitative estimate of drug-likeness (QED) is 0.589. The maximum atomic E-state index is 12.9. The summed E-state index contributed by atoms with van der Waals surface area (Å²) in [7, 11) is 0.136. The molecule has 2 aromatic carbocycles. The fraction of sp³-hybridized carbons (Fsp3) is 0.364. The number of amides is 2. The molecule has 2 aromatic rings. The molecule has 0 aliphatic carbocycles. The number of sulfone groups is 1. The maximum Gasteiger partial charge on any atom is 0.223 e. The molecule has 7 heteroatoms. The number of rotatable bonds is 9. The van der Waals surface area contributed by atoms with E-state index >= 15 is 0 Å². The van der Waals surface area contributed by atoms with Crippen LogP contribution in [0, 0.1) is 0 Å². The predicted octanol–water partition coefficient (Wildman–Crippen LogP) is 2.55. The Hall–Kier alpha value is -2.67. The molecule has 0 aliphatic rings. The van der Waals surface area contributed by atoms with Crippen LogP contribution in [-0.2, 0) is 19.4 Å². The van der Waals surface area contributed by atoms with Crippen molar-refractivity contribution in [3.8, 4) is 0 Å². The lowest BCUT2D eigenvalue weighted by molar-refractivity contribution is -0.131. The van der Waals surface area contributed by atoms with Gasteiger partial charge < -0.3 is 9.80 Å². The number of carbonyl (C=O) groups excluding carboxylic acids is 2. The van der Waals surface area contributed by atoms with Crippen LogP contribution in [-0.4, -0.2) is 63.5 Å². The van der Waals surface area contributed by atoms with E-state index in [2.05, 4.69) is 0 Å². The number of likely N-dealkylation sites (N-methyl/N-ethyl adjacent to an activating group) is 2. The molecule has 2 atom stereocenters. The van der Waals surface area contributed by atoms with Gasteiger partial charge in [0.2, 0.25) is 12.3 Å². The molecular weight excluding hydrogens is 388 g/mol. The van der Waals surface area contributed by atoms with Crippen LogP contribution in [0.25, 0.3) is 0 Å². The van der Waals surface area contributed by atoms with Gasteiger partial charge in [-0.25, -0.2) is 8.42 Å². The molecule has 156 valence electrons. The third-order valence-corrected chi connectivity index (χ3v) is 6.25. The van der Waals surface area contributed by atoms with Gasteiger partial charge in [0.15, 0.2) is 9.84 Å². The monoisotopic (exact) mass is 416 g/mol. The second kappa shape index (κ2) is 9.69. The van der Waals surface area contributed by atoms with E-state index in [1.807, 2.05) is 37.3 Å². The van der Waals surface area contributed by atoms with Crippen molar-refractivity contribution in [3.05, 3.63) is 65.7 Å². The van der Waals surface area contributed by atoms with Crippen LogP contribution in [0.1, 0.15) is 30.4 Å². The molecule has 6 nitrogen and oxygen atoms in total. The zero-order chi connectivity index (χ0) is 21.6. The standard InChI is InChI=1S/C22H28N2O4S/c1-17(24(3)16-25)15-23(2)22(26)14-21(18-8-6-5-7-9-18)19-10-12-20(13-11-19)29(4,27)28/h5-13,16-17,21H,14-15H2,1-4H3/t17?,21-/m0/s1. The topological polar surface area (TPSA) is 74.8 Å². The Bertz CT molecular complexity index is 927. The van der Waals surface area contributed by atoms with Crippen LogP contribution >= 0.6 is 0 Å². The van der Waals surface area contributed by atoms with Crippen LogP contribution < -0.4 is 0 Å². The van der Waals surface area contributed by atoms with Crippen molar-refractivity contribution in [2.24, 2.45) is 0 Å². The first-order valence-corrected chi connectivity index (χ1v) is 11.3. The number of carbonyl (C=O) groups is 2. The minimum atomic E-state index is -3.28. The van der Waals surface area contributed by atoms with Gasteiger partial charge in [-0.2, -0.15) is 0 Å². The van der Waals surface area contributed by atoms with Crippen molar-refractivity contribution >= 4 is 22.2 Å². The Morgan fingerprint density at radius 2 is 1.55 bits per heavy atom. The highest BCUT2D eigenvalue weighted by Gasteiger charge is 2.22. The summed E-state index contributed by atoms with van der Waals surface area (Å²) in [4.78, 5) is 27.2. The molecule has 0 spiro atoms. The van der Waals surface area contributed by atoms with Gasteiger partial charge in [0.05, 0.1) is 4.90 Å². The van der Waals surface area contributed by atoms with Gasteiger partial charge in [-0.15, -0.1) is 0 Å². The van der Waals surface area contributed by atoms with E-state index in [0.717, 1.165) is 17.5 Å². The zero-order valence-electron chi connectivity index (χ0n) is 17.3. The fourth-order valence-corrected chi connectivity index (χ4v) is 3.75. The average Bonchev–Trinajstić information content (AvgIpc) is 2.71. The molecule has 0 saturated carbocycles. The zero-order valence-corrected chi connectivity index (χ0v) is 18.1. The molecule has 0 radical (unpaired) electrons. The lowest BCUT2D eigenvalue weighted by atomic mass is 9.88. The predicted molar refractivity (Wildman–Crippen MR) is 113 cm³/mol. The Kier molecular flexibility index (Phi) is 7.56. The largest absolute Gasteiger partial charge is 0.344 e. The number of hydrogen-bond acceptors (Lipinski definition) is 4. The summed E-state index contributed by atoms with van der Waals surface area (Å²) in [6.07, 6.45) is 2.17. The molecule has 0 N–H and O–H groups in total. The number of benzene rings is 2. The minimum absolute atomic E-state index is 0.0443. The molecule has 0 aromatic heterocycles. The minimum Gasteiger partial charge on any atom is -0.344 e. The Labute approximate surface area is 173 Å². The second-order valence-corrected chi connectivity index (χ2v) is 9.42. The summed E-state index contributed by atoms with van der Waals surface area (Å²) in [5, 5.41) is 0. The van der Waals surface area contributed by atoms with E-state index < -0.39 is 9.84 Å². The first kappa shape index (κ1) is 22.6. The van der Waals surface area contributed by atoms with Crippen molar-refractivity contribution in [1.29, 1.82) is 0 Å². The van der Waals surface area contributed by atoms with Crippen molar-refractivity contribution in [1.82, 2.24) is 9.80 Å². The normalized spacial score (nSPS) is 13.4. The van der Waals surface area contributed by atoms with Crippen LogP contribution in [0.4, 0.5) is 0 Å². The van der Waals surface area contributed by atoms with E-state index in [0.29, 0.717) is 6.54 Å². The second-order valence-electron chi connectivity index (χ2n) is 7.40. The molecular formula is C22H28N2O4S. The summed E-state index contributed by atoms with van der Waals surface area (Å²) >= 11 is 0. The van der Waals surface area contributed by atoms with E-state index in [-0.39, 0.29) is 29.2 Å². The summed E-state index contributed by atoms with van der Waals surface area (Å²) in [5.41, 5.74) is 1.86. The third kappa shape index (κ3) is 6.15. The van der Waals surface area contributed by atoms with E-state index in [1.54, 1.807) is 43.3 Å². The van der Waals surface area contributed by atoms with Crippen LogP contribution in [0.5, 0.6) is 0 Å². The lowest BCUT2D eigenvalue weighted by Gasteiger charge is -2.28. The Morgan fingerprint density at radius 1 is 1.00 bits per heavy atom. The van der Waals surface area contributed by atoms with E-state index in [4.69, 9.17) is 0 Å². The molecule has 2 amide bonds. The number of nitrogens with zero attached hydrogens (tertiary/aromatic N) is 2. The van der Waals surface area contributed by atoms with Crippen LogP contribution in [0.3, 0.4) is 0 Å². The van der Waals surface area contributed by atoms with E-state index in [1.165, 1.54) is 11.2 Å². The molecule has 1 unspecified atom stereocenters. The molecule has 0 fully saturated rings. The summed E-state index contributed by atoms with van der Waals surface area (Å²) < 4.78 is 23.5. The summed E-state index contributed by atoms with van der Waals surface area (Å²) in [5.74, 6) is -0.240. The van der Waals surface area contributed by atoms with Gasteiger partial charge in [0, 0.05) is 45.3 Å². The molecule has 0 bridgehead atoms. The average molecular weight is 417 g/mol. The summed E-state index contributed by atoms with van der Waals surface area (Å²) in [6, 6.07) is 16.3. The van der Waals surface area contributed by atoms with Crippen molar-refractivity contribution in [3.63, 3.8) is 0 Å². The van der Waals surface area contributed by atoms with Gasteiger partial charge in [-0.1, -0.05) is 42.5 Å². The van der Waals surface area contributed by atoms with Crippen molar-refractivity contribution in [2.75, 3.05) is 26.9 Å². The van der Waals surface area contributed by atoms with Gasteiger partial charge in [-0.05, 0) is 30.2 Å². The SMILES string of the molecule is CC(CN(C)C(=O)C[C@@H](c1ccccc1)c1ccc(S(C)(=O)=O)cc1)N(C)C=O. The van der Waals surface area contributed by atoms with Crippen molar-refractivity contribution in [2.45, 2.75) is 30.2 Å². The smallest absolute Gasteiger partial charge is 0.223 e. The molecule has 2 rings (SSSR count). The Morgan fingerprint density at radius 3 is 2.07 bits per heavy atom. The molecule has 0 aliphatic heterocycles. The van der Waals surface area contributed by atoms with Crippen molar-refractivity contribution < 1.29 is 18.0 Å². The first-order valence-electron chi connectivity index (χ1n) is 9.39. The van der Waals surface area contributed by atoms with Crippen LogP contribution in [0.15, 0.2) is 59.5 Å². The van der Waals surface area contributed by atoms with Gasteiger partial charge >= 0.3 is 0 Å². The van der Waals surface area contributed by atoms with Gasteiger partial charge in [0.25, 0.3) is 0 Å². The molecule has 0 saturated heterocycles. The lowest BCUT2D eigenvalue weighted by Crippen LogP contribution is -2.41. The highest BCUT2D eigenvalue weighted by molar-refractivity contribution is 7.90. The van der Waals surface area contributed by atoms with Crippen LogP contribution in [0.2, 0.25) is 0 Å². The number of hydrogen-bond donors (Lipinski definition) is 0. The summed E-state index contributed by atoms with van der Waals surface area (Å²) in [6.45, 7) is 2.32. The molecule has 0 heterocycles. The maximum absolute atomic E-state index is 12.9. The highest BCUT2D eigenvalue weighted by atomic mass is 32.2. The van der Waals surface area contributed by atoms with E-state index in [9.17, 15) is 18.0 Å². The molecule has 29 heavy (non-hydrogen) atoms. The first-order chi connectivity index (χ1) is 13.6. The fourth-order valence-electron chi connectivity index (χ4n) is 3.12. The Balaban J connectivity index is 2.26. The van der Waals surface area contributed by atoms with Gasteiger partial charge in [0.1, 0.15) is 0 Å².